The average molecular weight is 620 g/mol. The molecule has 6 rings (SSSR count). The Morgan fingerprint density at radius 1 is 1.26 bits per heavy atom. The van der Waals surface area contributed by atoms with Gasteiger partial charge in [0.1, 0.15) is 36.5 Å². The van der Waals surface area contributed by atoms with Gasteiger partial charge in [-0.15, -0.1) is 0 Å². The molecule has 2 aliphatic heterocycles. The minimum atomic E-state index is -4.26. The SMILES string of the molecule is O=c1[nH]ncc2c1ncn2[C@@H]1O[C@@H]2COP(O)(=S)OCCn3c(nc4cncnc43)COP(=O)(S)O[C@@H]1[C@@H]2F. The number of hydrogen-bond donors (Lipinski definition) is 3. The quantitative estimate of drug-likeness (QED) is 0.204. The smallest absolute Gasteiger partial charge is 0.346 e. The summed E-state index contributed by atoms with van der Waals surface area (Å²) >= 11 is 9.14. The first kappa shape index (κ1) is 27.0. The molecule has 4 aromatic rings. The minimum absolute atomic E-state index is 0.0103. The van der Waals surface area contributed by atoms with Crippen molar-refractivity contribution >= 4 is 59.8 Å². The third kappa shape index (κ3) is 5.31. The zero-order valence-corrected chi connectivity index (χ0v) is 23.0. The topological polar surface area (TPSA) is 191 Å². The molecule has 39 heavy (non-hydrogen) atoms. The van der Waals surface area contributed by atoms with Crippen LogP contribution in [0, 0.1) is 0 Å². The van der Waals surface area contributed by atoms with Crippen molar-refractivity contribution in [2.45, 2.75) is 37.8 Å². The number of nitrogens with one attached hydrogen (secondary N) is 1. The van der Waals surface area contributed by atoms with E-state index < -0.39 is 50.3 Å². The highest BCUT2D eigenvalue weighted by Crippen LogP contribution is 2.57. The van der Waals surface area contributed by atoms with Crippen LogP contribution in [0.2, 0.25) is 0 Å². The Kier molecular flexibility index (Phi) is 7.16. The predicted octanol–water partition coefficient (Wildman–Crippen LogP) is 1.40. The molecule has 208 valence electrons. The van der Waals surface area contributed by atoms with Gasteiger partial charge in [-0.3, -0.25) is 18.4 Å². The average Bonchev–Trinajstić information content (AvgIpc) is 3.56. The summed E-state index contributed by atoms with van der Waals surface area (Å²) in [5.41, 5.74) is 0.461. The molecule has 6 heterocycles. The van der Waals surface area contributed by atoms with Gasteiger partial charge in [0, 0.05) is 6.54 Å². The van der Waals surface area contributed by atoms with Gasteiger partial charge in [-0.05, 0) is 11.8 Å². The number of halogens is 1. The number of rotatable bonds is 1. The predicted molar refractivity (Wildman–Crippen MR) is 137 cm³/mol. The number of H-pyrrole nitrogens is 1. The van der Waals surface area contributed by atoms with Crippen molar-refractivity contribution in [2.75, 3.05) is 13.2 Å². The molecule has 4 aromatic heterocycles. The summed E-state index contributed by atoms with van der Waals surface area (Å²) < 4.78 is 59.7. The second-order valence-electron chi connectivity index (χ2n) is 8.42. The third-order valence-electron chi connectivity index (χ3n) is 6.01. The number of hydrogen-bond acceptors (Lipinski definition) is 13. The van der Waals surface area contributed by atoms with Crippen molar-refractivity contribution in [3.63, 3.8) is 0 Å². The molecule has 0 aliphatic carbocycles. The van der Waals surface area contributed by atoms with Crippen LogP contribution in [-0.4, -0.2) is 75.8 Å². The summed E-state index contributed by atoms with van der Waals surface area (Å²) in [6.07, 6.45) is -0.888. The van der Waals surface area contributed by atoms with Crippen LogP contribution >= 0.6 is 25.8 Å². The summed E-state index contributed by atoms with van der Waals surface area (Å²) in [5.74, 6) is 0.258. The number of nitrogens with zero attached hydrogens (tertiary/aromatic N) is 7. The fraction of sp³-hybridized carbons (Fsp3) is 0.444. The second-order valence-corrected chi connectivity index (χ2v) is 14.1. The van der Waals surface area contributed by atoms with E-state index >= 15 is 4.39 Å². The van der Waals surface area contributed by atoms with E-state index in [4.69, 9.17) is 34.6 Å². The Morgan fingerprint density at radius 3 is 2.95 bits per heavy atom. The third-order valence-corrected chi connectivity index (χ3v) is 9.22. The lowest BCUT2D eigenvalue weighted by atomic mass is 10.1. The molecular formula is C18H19FN8O8P2S2. The van der Waals surface area contributed by atoms with Gasteiger partial charge in [-0.25, -0.2) is 34.0 Å². The number of aromatic amines is 1. The molecule has 0 aromatic carbocycles. The van der Waals surface area contributed by atoms with Crippen LogP contribution < -0.4 is 5.56 Å². The van der Waals surface area contributed by atoms with E-state index in [-0.39, 0.29) is 36.6 Å². The maximum absolute atomic E-state index is 15.7. The maximum atomic E-state index is 15.7. The van der Waals surface area contributed by atoms with Gasteiger partial charge < -0.3 is 23.2 Å². The van der Waals surface area contributed by atoms with Crippen LogP contribution in [0.25, 0.3) is 22.2 Å². The van der Waals surface area contributed by atoms with Gasteiger partial charge in [0.15, 0.2) is 23.6 Å². The fourth-order valence-electron chi connectivity index (χ4n) is 4.29. The van der Waals surface area contributed by atoms with Crippen molar-refractivity contribution in [1.82, 2.24) is 39.3 Å². The van der Waals surface area contributed by atoms with Gasteiger partial charge in [0.05, 0.1) is 37.5 Å². The molecule has 0 saturated carbocycles. The molecule has 6 atom stereocenters. The lowest BCUT2D eigenvalue weighted by Gasteiger charge is -2.24. The first-order chi connectivity index (χ1) is 18.6. The minimum Gasteiger partial charge on any atom is -0.346 e. The molecule has 0 spiro atoms. The summed E-state index contributed by atoms with van der Waals surface area (Å²) in [4.78, 5) is 39.2. The van der Waals surface area contributed by atoms with Gasteiger partial charge >= 0.3 is 13.5 Å². The van der Waals surface area contributed by atoms with Crippen LogP contribution in [0.1, 0.15) is 12.1 Å². The molecule has 16 nitrogen and oxygen atoms in total. The summed E-state index contributed by atoms with van der Waals surface area (Å²) in [6.45, 7) is -8.99. The van der Waals surface area contributed by atoms with E-state index in [1.807, 2.05) is 0 Å². The highest BCUT2D eigenvalue weighted by atomic mass is 32.7. The number of fused-ring (bicyclic) bond motifs is 6. The Balaban J connectivity index is 1.37. The van der Waals surface area contributed by atoms with E-state index in [1.54, 1.807) is 4.57 Å². The van der Waals surface area contributed by atoms with Gasteiger partial charge in [0.2, 0.25) is 0 Å². The molecule has 1 saturated heterocycles. The lowest BCUT2D eigenvalue weighted by Crippen LogP contribution is -2.31. The largest absolute Gasteiger partial charge is 0.387 e. The van der Waals surface area contributed by atoms with Crippen molar-refractivity contribution in [3.8, 4) is 0 Å². The molecule has 2 N–H and O–H groups in total. The number of imidazole rings is 2. The standard InChI is InChI=1S/C18H19FN8O8P2S2/c19-13-11-5-32-36(29,38)31-2-1-26-12(24-9-3-20-7-21-16(9)26)6-33-37(30,39)35-15(13)18(34-11)27-8-22-14-10(27)4-23-25-17(14)28/h3-4,7-8,11,13,15,18H,1-2,5-6H2,(H,25,28)(H,29,38)(H,30,39)/t11-,13-,15-,18-,36?,37?/m1/s1. The molecule has 2 unspecified atom stereocenters. The first-order valence-corrected chi connectivity index (χ1v) is 16.5. The Bertz CT molecular complexity index is 1700. The summed E-state index contributed by atoms with van der Waals surface area (Å²) in [5, 5.41) is 5.99. The second kappa shape index (κ2) is 10.3. The van der Waals surface area contributed by atoms with Crippen LogP contribution in [0.5, 0.6) is 0 Å². The van der Waals surface area contributed by atoms with Crippen LogP contribution in [0.3, 0.4) is 0 Å². The zero-order chi connectivity index (χ0) is 27.4. The normalized spacial score (nSPS) is 32.6. The van der Waals surface area contributed by atoms with E-state index in [2.05, 4.69) is 42.4 Å². The van der Waals surface area contributed by atoms with Crippen LogP contribution in [-0.2, 0) is 52.4 Å². The number of alkyl halides is 1. The lowest BCUT2D eigenvalue weighted by molar-refractivity contribution is -0.0451. The van der Waals surface area contributed by atoms with Gasteiger partial charge in [-0.1, -0.05) is 12.2 Å². The highest BCUT2D eigenvalue weighted by Gasteiger charge is 2.50. The van der Waals surface area contributed by atoms with E-state index in [1.165, 1.54) is 29.6 Å². The summed E-state index contributed by atoms with van der Waals surface area (Å²) in [6, 6.07) is 0. The maximum Gasteiger partial charge on any atom is 0.387 e. The van der Waals surface area contributed by atoms with Crippen LogP contribution in [0.15, 0.2) is 29.8 Å². The molecule has 2 bridgehead atoms. The molecule has 1 fully saturated rings. The molecule has 21 heteroatoms. The molecular weight excluding hydrogens is 601 g/mol. The van der Waals surface area contributed by atoms with Gasteiger partial charge in [-0.2, -0.15) is 5.10 Å². The summed E-state index contributed by atoms with van der Waals surface area (Å²) in [7, 11) is 0. The van der Waals surface area contributed by atoms with Crippen molar-refractivity contribution < 1.29 is 36.7 Å². The van der Waals surface area contributed by atoms with E-state index in [0.29, 0.717) is 11.2 Å². The number of thiol groups is 1. The Morgan fingerprint density at radius 2 is 2.10 bits per heavy atom. The van der Waals surface area contributed by atoms with Crippen molar-refractivity contribution in [2.24, 2.45) is 0 Å². The van der Waals surface area contributed by atoms with Crippen molar-refractivity contribution in [3.05, 3.63) is 41.2 Å². The monoisotopic (exact) mass is 620 g/mol. The van der Waals surface area contributed by atoms with Gasteiger partial charge in [0.25, 0.3) is 5.56 Å². The molecule has 0 amide bonds. The zero-order valence-electron chi connectivity index (χ0n) is 19.5. The molecule has 2 aliphatic rings. The molecule has 0 radical (unpaired) electrons. The van der Waals surface area contributed by atoms with Crippen LogP contribution in [0.4, 0.5) is 4.39 Å². The number of aromatic nitrogens is 8. The highest BCUT2D eigenvalue weighted by molar-refractivity contribution is 8.44. The number of ether oxygens (including phenoxy) is 1. The first-order valence-electron chi connectivity index (χ1n) is 11.2. The van der Waals surface area contributed by atoms with Crippen molar-refractivity contribution in [1.29, 1.82) is 0 Å². The van der Waals surface area contributed by atoms with E-state index in [9.17, 15) is 14.3 Å². The Labute approximate surface area is 227 Å². The fourth-order valence-corrected chi connectivity index (χ4v) is 6.79. The Hall–Kier alpha value is -2.18. The van der Waals surface area contributed by atoms with E-state index in [0.717, 1.165) is 0 Å².